The molecule has 0 unspecified atom stereocenters. The van der Waals surface area contributed by atoms with Crippen molar-refractivity contribution >= 4 is 6.08 Å². The van der Waals surface area contributed by atoms with E-state index in [1.54, 1.807) is 6.07 Å². The van der Waals surface area contributed by atoms with Crippen LogP contribution >= 0.6 is 0 Å². The van der Waals surface area contributed by atoms with Gasteiger partial charge < -0.3 is 0 Å². The normalized spacial score (nSPS) is 10.3. The first-order valence-electron chi connectivity index (χ1n) is 3.36. The summed E-state index contributed by atoms with van der Waals surface area (Å²) in [5.41, 5.74) is -0.152. The zero-order valence-electron chi connectivity index (χ0n) is 6.39. The molecule has 66 valence electrons. The lowest BCUT2D eigenvalue weighted by atomic mass is 10.2. The molecule has 0 aliphatic carbocycles. The van der Waals surface area contributed by atoms with Gasteiger partial charge in [-0.1, -0.05) is 0 Å². The van der Waals surface area contributed by atoms with Gasteiger partial charge in [0.15, 0.2) is 17.5 Å². The van der Waals surface area contributed by atoms with Crippen LogP contribution < -0.4 is 0 Å². The molecule has 0 amide bonds. The highest BCUT2D eigenvalue weighted by molar-refractivity contribution is 5.52. The third-order valence-electron chi connectivity index (χ3n) is 1.40. The van der Waals surface area contributed by atoms with Crippen LogP contribution in [0.3, 0.4) is 0 Å². The van der Waals surface area contributed by atoms with Gasteiger partial charge in [-0.2, -0.15) is 5.26 Å². The third-order valence-corrected chi connectivity index (χ3v) is 1.40. The lowest BCUT2D eigenvalue weighted by Crippen LogP contribution is -1.92. The highest BCUT2D eigenvalue weighted by atomic mass is 19.2. The van der Waals surface area contributed by atoms with E-state index in [4.69, 9.17) is 5.26 Å². The van der Waals surface area contributed by atoms with Crippen molar-refractivity contribution in [3.63, 3.8) is 0 Å². The van der Waals surface area contributed by atoms with E-state index in [2.05, 4.69) is 0 Å². The molecule has 1 aromatic rings. The molecule has 1 nitrogen and oxygen atoms in total. The largest absolute Gasteiger partial charge is 0.204 e. The first-order chi connectivity index (χ1) is 6.16. The van der Waals surface area contributed by atoms with Crippen LogP contribution in [0.5, 0.6) is 0 Å². The Morgan fingerprint density at radius 3 is 2.46 bits per heavy atom. The second kappa shape index (κ2) is 3.76. The van der Waals surface area contributed by atoms with Gasteiger partial charge in [0, 0.05) is 11.6 Å². The number of nitriles is 1. The summed E-state index contributed by atoms with van der Waals surface area (Å²) < 4.78 is 37.7. The van der Waals surface area contributed by atoms with E-state index in [-0.39, 0.29) is 5.56 Å². The first kappa shape index (κ1) is 9.33. The monoisotopic (exact) mass is 183 g/mol. The lowest BCUT2D eigenvalue weighted by molar-refractivity contribution is 0.446. The molecule has 13 heavy (non-hydrogen) atoms. The number of hydrogen-bond acceptors (Lipinski definition) is 1. The number of nitrogens with zero attached hydrogens (tertiary/aromatic N) is 1. The molecule has 4 heteroatoms. The summed E-state index contributed by atoms with van der Waals surface area (Å²) >= 11 is 0. The Labute approximate surface area is 72.7 Å². The Hall–Kier alpha value is -1.76. The van der Waals surface area contributed by atoms with E-state index >= 15 is 0 Å². The minimum atomic E-state index is -1.53. The van der Waals surface area contributed by atoms with Crippen molar-refractivity contribution in [3.05, 3.63) is 41.2 Å². The fraction of sp³-hybridized carbons (Fsp3) is 0. The SMILES string of the molecule is N#C/C=C/c1ccc(F)c(F)c1F. The molecule has 0 aliphatic heterocycles. The van der Waals surface area contributed by atoms with Gasteiger partial charge in [-0.25, -0.2) is 13.2 Å². The lowest BCUT2D eigenvalue weighted by Gasteiger charge is -1.97. The average molecular weight is 183 g/mol. The minimum Gasteiger partial charge on any atom is -0.204 e. The minimum absolute atomic E-state index is 0.152. The fourth-order valence-corrected chi connectivity index (χ4v) is 0.797. The van der Waals surface area contributed by atoms with Gasteiger partial charge >= 0.3 is 0 Å². The third kappa shape index (κ3) is 1.88. The molecule has 0 radical (unpaired) electrons. The molecular formula is C9H4F3N. The molecular weight excluding hydrogens is 179 g/mol. The molecule has 0 saturated heterocycles. The molecule has 0 fully saturated rings. The number of halogens is 3. The van der Waals surface area contributed by atoms with Crippen LogP contribution in [0.1, 0.15) is 5.56 Å². The highest BCUT2D eigenvalue weighted by Crippen LogP contribution is 2.15. The van der Waals surface area contributed by atoms with Crippen molar-refractivity contribution in [1.29, 1.82) is 5.26 Å². The summed E-state index contributed by atoms with van der Waals surface area (Å²) in [5, 5.41) is 8.12. The van der Waals surface area contributed by atoms with Gasteiger partial charge in [0.05, 0.1) is 6.07 Å². The number of allylic oxidation sites excluding steroid dienone is 1. The average Bonchev–Trinajstić information content (AvgIpc) is 2.13. The van der Waals surface area contributed by atoms with Crippen LogP contribution in [0, 0.1) is 28.8 Å². The molecule has 0 heterocycles. The summed E-state index contributed by atoms with van der Waals surface area (Å²) in [6.45, 7) is 0. The predicted octanol–water partition coefficient (Wildman–Crippen LogP) is 2.64. The van der Waals surface area contributed by atoms with Gasteiger partial charge in [0.1, 0.15) is 0 Å². The van der Waals surface area contributed by atoms with Crippen molar-refractivity contribution in [3.8, 4) is 6.07 Å². The van der Waals surface area contributed by atoms with Gasteiger partial charge in [0.25, 0.3) is 0 Å². The molecule has 0 N–H and O–H groups in total. The summed E-state index contributed by atoms with van der Waals surface area (Å²) in [7, 11) is 0. The Morgan fingerprint density at radius 1 is 1.15 bits per heavy atom. The zero-order chi connectivity index (χ0) is 9.84. The van der Waals surface area contributed by atoms with Gasteiger partial charge in [-0.05, 0) is 18.2 Å². The maximum Gasteiger partial charge on any atom is 0.195 e. The second-order valence-corrected chi connectivity index (χ2v) is 2.23. The van der Waals surface area contributed by atoms with Gasteiger partial charge in [0.2, 0.25) is 0 Å². The topological polar surface area (TPSA) is 23.8 Å². The Bertz CT molecular complexity index is 391. The smallest absolute Gasteiger partial charge is 0.195 e. The molecule has 0 atom stereocenters. The zero-order valence-corrected chi connectivity index (χ0v) is 6.39. The van der Waals surface area contributed by atoms with Crippen molar-refractivity contribution in [1.82, 2.24) is 0 Å². The first-order valence-corrected chi connectivity index (χ1v) is 3.36. The maximum absolute atomic E-state index is 12.8. The molecule has 0 aromatic heterocycles. The van der Waals surface area contributed by atoms with E-state index in [0.29, 0.717) is 0 Å². The molecule has 1 aromatic carbocycles. The Kier molecular flexibility index (Phi) is 2.70. The molecule has 0 bridgehead atoms. The number of benzene rings is 1. The number of rotatable bonds is 1. The number of hydrogen-bond donors (Lipinski definition) is 0. The summed E-state index contributed by atoms with van der Waals surface area (Å²) in [6.07, 6.45) is 2.05. The van der Waals surface area contributed by atoms with Crippen molar-refractivity contribution < 1.29 is 13.2 Å². The van der Waals surface area contributed by atoms with E-state index in [1.807, 2.05) is 0 Å². The van der Waals surface area contributed by atoms with Crippen LogP contribution in [0.15, 0.2) is 18.2 Å². The molecule has 1 rings (SSSR count). The van der Waals surface area contributed by atoms with Crippen LogP contribution in [-0.4, -0.2) is 0 Å². The predicted molar refractivity (Wildman–Crippen MR) is 41.0 cm³/mol. The van der Waals surface area contributed by atoms with Crippen molar-refractivity contribution in [2.45, 2.75) is 0 Å². The van der Waals surface area contributed by atoms with E-state index in [9.17, 15) is 13.2 Å². The van der Waals surface area contributed by atoms with E-state index in [1.165, 1.54) is 0 Å². The van der Waals surface area contributed by atoms with E-state index < -0.39 is 17.5 Å². The quantitative estimate of drug-likeness (QED) is 0.485. The standard InChI is InChI=1S/C9H4F3N/c10-7-4-3-6(2-1-5-13)8(11)9(7)12/h1-4H/b2-1+. The summed E-state index contributed by atoms with van der Waals surface area (Å²) in [6, 6.07) is 3.47. The summed E-state index contributed by atoms with van der Waals surface area (Å²) in [5.74, 6) is -4.06. The van der Waals surface area contributed by atoms with Gasteiger partial charge in [-0.3, -0.25) is 0 Å². The van der Waals surface area contributed by atoms with Crippen molar-refractivity contribution in [2.75, 3.05) is 0 Å². The summed E-state index contributed by atoms with van der Waals surface area (Å²) in [4.78, 5) is 0. The second-order valence-electron chi connectivity index (χ2n) is 2.23. The highest BCUT2D eigenvalue weighted by Gasteiger charge is 2.10. The fourth-order valence-electron chi connectivity index (χ4n) is 0.797. The van der Waals surface area contributed by atoms with Crippen molar-refractivity contribution in [2.24, 2.45) is 0 Å². The Balaban J connectivity index is 3.20. The molecule has 0 aliphatic rings. The van der Waals surface area contributed by atoms with Crippen LogP contribution in [0.4, 0.5) is 13.2 Å². The van der Waals surface area contributed by atoms with Gasteiger partial charge in [-0.15, -0.1) is 0 Å². The van der Waals surface area contributed by atoms with Crippen LogP contribution in [0.2, 0.25) is 0 Å². The molecule has 0 spiro atoms. The van der Waals surface area contributed by atoms with Crippen LogP contribution in [0.25, 0.3) is 6.08 Å². The molecule has 0 saturated carbocycles. The Morgan fingerprint density at radius 2 is 1.85 bits per heavy atom. The van der Waals surface area contributed by atoms with Crippen LogP contribution in [-0.2, 0) is 0 Å². The van der Waals surface area contributed by atoms with E-state index in [0.717, 1.165) is 24.3 Å². The maximum atomic E-state index is 12.8.